The van der Waals surface area contributed by atoms with Crippen LogP contribution in [0.2, 0.25) is 0 Å². The third kappa shape index (κ3) is 5.29. The topological polar surface area (TPSA) is 58.7 Å². The molecular weight excluding hydrogens is 350 g/mol. The maximum Gasteiger partial charge on any atom is 0.324 e. The Morgan fingerprint density at radius 3 is 1.96 bits per heavy atom. The zero-order chi connectivity index (χ0) is 18.9. The van der Waals surface area contributed by atoms with E-state index in [1.807, 2.05) is 65.6 Å². The highest BCUT2D eigenvalue weighted by Gasteiger charge is 2.25. The Kier molecular flexibility index (Phi) is 7.12. The quantitative estimate of drug-likeness (QED) is 0.374. The van der Waals surface area contributed by atoms with Gasteiger partial charge in [-0.3, -0.25) is 10.1 Å². The van der Waals surface area contributed by atoms with Crippen molar-refractivity contribution in [2.75, 3.05) is 0 Å². The van der Waals surface area contributed by atoms with Gasteiger partial charge in [-0.05, 0) is 18.1 Å². The minimum atomic E-state index is -0.506. The zero-order valence-corrected chi connectivity index (χ0v) is 15.3. The molecule has 0 atom stereocenters. The monoisotopic (exact) mass is 369 g/mol. The Hall–Kier alpha value is -2.92. The van der Waals surface area contributed by atoms with Crippen molar-refractivity contribution in [2.45, 2.75) is 20.0 Å². The molecule has 5 nitrogen and oxygen atoms in total. The maximum absolute atomic E-state index is 11.6. The van der Waals surface area contributed by atoms with Gasteiger partial charge in [-0.15, -0.1) is 0 Å². The fraction of sp³-hybridized carbons (Fsp3) is 0.150. The highest BCUT2D eigenvalue weighted by molar-refractivity contribution is 6.69. The molecule has 0 saturated carbocycles. The fourth-order valence-electron chi connectivity index (χ4n) is 2.55. The Labute approximate surface area is 158 Å². The lowest BCUT2D eigenvalue weighted by Crippen LogP contribution is -2.25. The van der Waals surface area contributed by atoms with Crippen LogP contribution in [0.3, 0.4) is 0 Å². The highest BCUT2D eigenvalue weighted by Crippen LogP contribution is 2.20. The minimum absolute atomic E-state index is 0.186. The molecule has 0 amide bonds. The number of nitro groups is 1. The Balaban J connectivity index is 2.46. The van der Waals surface area contributed by atoms with Crippen molar-refractivity contribution in [1.82, 2.24) is 4.90 Å². The Bertz CT molecular complexity index is 776. The van der Waals surface area contributed by atoms with Gasteiger partial charge in [0.1, 0.15) is 0 Å². The van der Waals surface area contributed by atoms with Gasteiger partial charge in [-0.25, -0.2) is 4.99 Å². The maximum atomic E-state index is 11.6. The lowest BCUT2D eigenvalue weighted by Gasteiger charge is -2.25. The summed E-state index contributed by atoms with van der Waals surface area (Å²) >= 11 is 6.04. The van der Waals surface area contributed by atoms with E-state index in [-0.39, 0.29) is 10.9 Å². The molecule has 2 aromatic rings. The number of rotatable bonds is 8. The Morgan fingerprint density at radius 1 is 1.12 bits per heavy atom. The van der Waals surface area contributed by atoms with Crippen molar-refractivity contribution >= 4 is 16.8 Å². The summed E-state index contributed by atoms with van der Waals surface area (Å²) in [6.45, 7) is 6.16. The van der Waals surface area contributed by atoms with Gasteiger partial charge in [0.25, 0.3) is 0 Å². The lowest BCUT2D eigenvalue weighted by atomic mass is 10.1. The Morgan fingerprint density at radius 2 is 1.58 bits per heavy atom. The molecule has 0 unspecified atom stereocenters. The van der Waals surface area contributed by atoms with E-state index in [1.54, 1.807) is 6.92 Å². The number of halogens is 1. The smallest absolute Gasteiger partial charge is 0.324 e. The third-order valence-electron chi connectivity index (χ3n) is 3.83. The first-order valence-corrected chi connectivity index (χ1v) is 8.43. The van der Waals surface area contributed by atoms with E-state index in [0.29, 0.717) is 18.8 Å². The number of nitrogens with zero attached hydrogens (tertiary/aromatic N) is 3. The van der Waals surface area contributed by atoms with Crippen molar-refractivity contribution in [3.05, 3.63) is 106 Å². The molecule has 0 fully saturated rings. The van der Waals surface area contributed by atoms with Crippen LogP contribution in [0.25, 0.3) is 0 Å². The standard InChI is InChI=1S/C20H20ClN3O2/c1-3-22-20(21)19(24(25)26)16(2)23(14-17-10-6-4-7-11-17)15-18-12-8-5-9-13-18/h3-13H,1,14-15H2,2H3/b19-16-,22-20+. The van der Waals surface area contributed by atoms with Gasteiger partial charge >= 0.3 is 5.70 Å². The average Bonchev–Trinajstić information content (AvgIpc) is 2.63. The number of allylic oxidation sites excluding steroid dienone is 2. The predicted molar refractivity (Wildman–Crippen MR) is 105 cm³/mol. The molecule has 0 bridgehead atoms. The van der Waals surface area contributed by atoms with Crippen LogP contribution < -0.4 is 0 Å². The summed E-state index contributed by atoms with van der Waals surface area (Å²) in [6, 6.07) is 19.6. The van der Waals surface area contributed by atoms with E-state index in [2.05, 4.69) is 11.6 Å². The summed E-state index contributed by atoms with van der Waals surface area (Å²) in [7, 11) is 0. The van der Waals surface area contributed by atoms with Gasteiger partial charge in [-0.2, -0.15) is 0 Å². The van der Waals surface area contributed by atoms with Gasteiger partial charge in [0, 0.05) is 19.3 Å². The average molecular weight is 370 g/mol. The van der Waals surface area contributed by atoms with Crippen molar-refractivity contribution in [2.24, 2.45) is 4.99 Å². The second-order valence-electron chi connectivity index (χ2n) is 5.62. The van der Waals surface area contributed by atoms with Gasteiger partial charge in [-0.1, -0.05) is 78.8 Å². The normalized spacial score (nSPS) is 12.3. The van der Waals surface area contributed by atoms with Crippen molar-refractivity contribution in [1.29, 1.82) is 0 Å². The van der Waals surface area contributed by atoms with Crippen LogP contribution in [0.4, 0.5) is 0 Å². The first-order valence-electron chi connectivity index (χ1n) is 8.05. The van der Waals surface area contributed by atoms with Crippen LogP contribution in [0.1, 0.15) is 18.1 Å². The molecule has 0 spiro atoms. The summed E-state index contributed by atoms with van der Waals surface area (Å²) in [5.41, 5.74) is 2.31. The molecule has 0 heterocycles. The fourth-order valence-corrected chi connectivity index (χ4v) is 2.82. The molecule has 0 N–H and O–H groups in total. The molecule has 0 aliphatic rings. The SMILES string of the molecule is C=C/N=C(Cl)\C(=C(/C)N(Cc1ccccc1)Cc1ccccc1)[N+](=O)[O-]. The molecule has 6 heteroatoms. The number of aliphatic imine (C=N–C) groups is 1. The van der Waals surface area contributed by atoms with Gasteiger partial charge in [0.05, 0.1) is 10.6 Å². The lowest BCUT2D eigenvalue weighted by molar-refractivity contribution is -0.416. The number of benzene rings is 2. The summed E-state index contributed by atoms with van der Waals surface area (Å²) in [6.07, 6.45) is 1.19. The number of hydrogen-bond donors (Lipinski definition) is 0. The van der Waals surface area contributed by atoms with Crippen molar-refractivity contribution in [3.8, 4) is 0 Å². The second kappa shape index (κ2) is 9.53. The van der Waals surface area contributed by atoms with E-state index in [9.17, 15) is 10.1 Å². The summed E-state index contributed by atoms with van der Waals surface area (Å²) < 4.78 is 0. The van der Waals surface area contributed by atoms with Crippen LogP contribution in [-0.2, 0) is 13.1 Å². The minimum Gasteiger partial charge on any atom is -0.361 e. The summed E-state index contributed by atoms with van der Waals surface area (Å²) in [5, 5.41) is 11.4. The zero-order valence-electron chi connectivity index (χ0n) is 14.5. The van der Waals surface area contributed by atoms with Crippen LogP contribution in [-0.4, -0.2) is 15.0 Å². The van der Waals surface area contributed by atoms with E-state index in [4.69, 9.17) is 11.6 Å². The predicted octanol–water partition coefficient (Wildman–Crippen LogP) is 4.98. The van der Waals surface area contributed by atoms with Crippen molar-refractivity contribution < 1.29 is 4.92 Å². The van der Waals surface area contributed by atoms with E-state index >= 15 is 0 Å². The van der Waals surface area contributed by atoms with Crippen molar-refractivity contribution in [3.63, 3.8) is 0 Å². The molecular formula is C20H20ClN3O2. The van der Waals surface area contributed by atoms with Crippen LogP contribution in [0.5, 0.6) is 0 Å². The first kappa shape index (κ1) is 19.4. The highest BCUT2D eigenvalue weighted by atomic mass is 35.5. The summed E-state index contributed by atoms with van der Waals surface area (Å²) in [4.78, 5) is 16.8. The molecule has 0 aliphatic heterocycles. The van der Waals surface area contributed by atoms with Crippen LogP contribution >= 0.6 is 11.6 Å². The van der Waals surface area contributed by atoms with Crippen LogP contribution in [0.15, 0.2) is 89.8 Å². The van der Waals surface area contributed by atoms with E-state index in [0.717, 1.165) is 11.1 Å². The van der Waals surface area contributed by atoms with Crippen LogP contribution in [0, 0.1) is 10.1 Å². The largest absolute Gasteiger partial charge is 0.361 e. The first-order chi connectivity index (χ1) is 12.5. The van der Waals surface area contributed by atoms with Gasteiger partial charge in [0.2, 0.25) is 5.17 Å². The van der Waals surface area contributed by atoms with Gasteiger partial charge < -0.3 is 4.90 Å². The van der Waals surface area contributed by atoms with Gasteiger partial charge in [0.15, 0.2) is 0 Å². The molecule has 2 rings (SSSR count). The molecule has 0 saturated heterocycles. The summed E-state index contributed by atoms with van der Waals surface area (Å²) in [5.74, 6) is 0. The molecule has 134 valence electrons. The van der Waals surface area contributed by atoms with E-state index < -0.39 is 4.92 Å². The second-order valence-corrected chi connectivity index (χ2v) is 5.98. The molecule has 2 aromatic carbocycles. The molecule has 0 aliphatic carbocycles. The third-order valence-corrected chi connectivity index (χ3v) is 4.11. The molecule has 0 aromatic heterocycles. The molecule has 26 heavy (non-hydrogen) atoms. The molecule has 0 radical (unpaired) electrons. The number of hydrogen-bond acceptors (Lipinski definition) is 4. The van der Waals surface area contributed by atoms with E-state index in [1.165, 1.54) is 6.20 Å².